The van der Waals surface area contributed by atoms with Crippen LogP contribution in [0.1, 0.15) is 0 Å². The lowest BCUT2D eigenvalue weighted by Crippen LogP contribution is -1.92. The van der Waals surface area contributed by atoms with Crippen LogP contribution < -0.4 is 5.73 Å². The highest BCUT2D eigenvalue weighted by atomic mass is 15.0. The zero-order valence-electron chi connectivity index (χ0n) is 7.38. The van der Waals surface area contributed by atoms with Crippen molar-refractivity contribution < 1.29 is 0 Å². The van der Waals surface area contributed by atoms with Gasteiger partial charge in [-0.05, 0) is 18.2 Å². The van der Waals surface area contributed by atoms with Gasteiger partial charge in [0.1, 0.15) is 17.8 Å². The first-order valence-corrected chi connectivity index (χ1v) is 4.32. The fourth-order valence-electron chi connectivity index (χ4n) is 1.64. The van der Waals surface area contributed by atoms with Crippen LogP contribution in [0.25, 0.3) is 16.6 Å². The van der Waals surface area contributed by atoms with Crippen molar-refractivity contribution in [3.05, 3.63) is 36.8 Å². The summed E-state index contributed by atoms with van der Waals surface area (Å²) >= 11 is 0. The monoisotopic (exact) mass is 184 g/mol. The summed E-state index contributed by atoms with van der Waals surface area (Å²) in [7, 11) is 0. The number of rotatable bonds is 0. The molecule has 0 fully saturated rings. The molecule has 3 aromatic rings. The van der Waals surface area contributed by atoms with Gasteiger partial charge in [0.2, 0.25) is 0 Å². The summed E-state index contributed by atoms with van der Waals surface area (Å²) < 4.78 is 1.99. The van der Waals surface area contributed by atoms with Gasteiger partial charge in [-0.2, -0.15) is 0 Å². The van der Waals surface area contributed by atoms with Gasteiger partial charge in [-0.1, -0.05) is 6.07 Å². The minimum atomic E-state index is 0.527. The Labute approximate surface area is 80.0 Å². The summed E-state index contributed by atoms with van der Waals surface area (Å²) in [6.07, 6.45) is 3.45. The van der Waals surface area contributed by atoms with Crippen LogP contribution in [-0.4, -0.2) is 14.4 Å². The Morgan fingerprint density at radius 1 is 1.21 bits per heavy atom. The highest BCUT2D eigenvalue weighted by molar-refractivity contribution is 5.91. The minimum Gasteiger partial charge on any atom is -0.383 e. The van der Waals surface area contributed by atoms with Crippen LogP contribution in [0.15, 0.2) is 36.8 Å². The van der Waals surface area contributed by atoms with Gasteiger partial charge in [-0.15, -0.1) is 0 Å². The molecule has 0 radical (unpaired) electrons. The number of nitrogens with two attached hydrogens (primary N) is 1. The van der Waals surface area contributed by atoms with Crippen molar-refractivity contribution in [3.63, 3.8) is 0 Å². The number of fused-ring (bicyclic) bond motifs is 3. The molecule has 0 unspecified atom stereocenters. The molecule has 3 aromatic heterocycles. The van der Waals surface area contributed by atoms with Crippen LogP contribution in [-0.2, 0) is 0 Å². The molecule has 3 rings (SSSR count). The molecular weight excluding hydrogens is 176 g/mol. The van der Waals surface area contributed by atoms with E-state index in [0.717, 1.165) is 16.6 Å². The molecule has 0 aliphatic heterocycles. The fourth-order valence-corrected chi connectivity index (χ4v) is 1.64. The lowest BCUT2D eigenvalue weighted by Gasteiger charge is -1.95. The average Bonchev–Trinajstić information content (AvgIpc) is 2.59. The van der Waals surface area contributed by atoms with Crippen LogP contribution in [0.4, 0.5) is 5.82 Å². The molecule has 14 heavy (non-hydrogen) atoms. The van der Waals surface area contributed by atoms with E-state index in [1.54, 1.807) is 0 Å². The van der Waals surface area contributed by atoms with E-state index in [0.29, 0.717) is 5.82 Å². The van der Waals surface area contributed by atoms with E-state index in [9.17, 15) is 0 Å². The fraction of sp³-hybridized carbons (Fsp3) is 0. The number of pyridine rings is 1. The maximum absolute atomic E-state index is 5.76. The predicted octanol–water partition coefficient (Wildman–Crippen LogP) is 1.46. The summed E-state index contributed by atoms with van der Waals surface area (Å²) in [6.45, 7) is 0. The second-order valence-corrected chi connectivity index (χ2v) is 3.14. The van der Waals surface area contributed by atoms with Crippen LogP contribution in [0.2, 0.25) is 0 Å². The molecular formula is C10H8N4. The first-order chi connectivity index (χ1) is 6.86. The molecule has 0 saturated heterocycles. The Balaban J connectivity index is 2.63. The molecule has 0 amide bonds. The molecule has 2 N–H and O–H groups in total. The predicted molar refractivity (Wildman–Crippen MR) is 54.9 cm³/mol. The summed E-state index contributed by atoms with van der Waals surface area (Å²) in [5, 5.41) is 0.902. The van der Waals surface area contributed by atoms with E-state index in [1.807, 2.05) is 34.9 Å². The van der Waals surface area contributed by atoms with E-state index in [4.69, 9.17) is 5.73 Å². The molecule has 3 heterocycles. The number of nitrogen functional groups attached to an aromatic ring is 1. The first-order valence-electron chi connectivity index (χ1n) is 4.32. The third kappa shape index (κ3) is 0.821. The van der Waals surface area contributed by atoms with Crippen molar-refractivity contribution >= 4 is 22.4 Å². The Kier molecular flexibility index (Phi) is 1.28. The summed E-state index contributed by atoms with van der Waals surface area (Å²) in [5.74, 6) is 0.527. The van der Waals surface area contributed by atoms with Gasteiger partial charge >= 0.3 is 0 Å². The first kappa shape index (κ1) is 7.32. The highest BCUT2D eigenvalue weighted by Gasteiger charge is 2.05. The molecule has 0 atom stereocenters. The Bertz CT molecular complexity index is 612. The zero-order valence-corrected chi connectivity index (χ0v) is 7.38. The molecule has 0 saturated carbocycles. The summed E-state index contributed by atoms with van der Waals surface area (Å²) in [4.78, 5) is 8.16. The SMILES string of the molecule is Nc1ncnc2c1cc1ccccn12. The third-order valence-electron chi connectivity index (χ3n) is 2.31. The molecule has 4 nitrogen and oxygen atoms in total. The summed E-state index contributed by atoms with van der Waals surface area (Å²) in [6, 6.07) is 7.95. The van der Waals surface area contributed by atoms with Crippen molar-refractivity contribution in [1.82, 2.24) is 14.4 Å². The number of nitrogens with zero attached hydrogens (tertiary/aromatic N) is 3. The quantitative estimate of drug-likeness (QED) is 0.575. The van der Waals surface area contributed by atoms with Crippen LogP contribution >= 0.6 is 0 Å². The van der Waals surface area contributed by atoms with Gasteiger partial charge in [-0.25, -0.2) is 9.97 Å². The van der Waals surface area contributed by atoms with Gasteiger partial charge in [0.15, 0.2) is 0 Å². The van der Waals surface area contributed by atoms with Gasteiger partial charge in [0.25, 0.3) is 0 Å². The smallest absolute Gasteiger partial charge is 0.150 e. The van der Waals surface area contributed by atoms with Crippen molar-refractivity contribution in [3.8, 4) is 0 Å². The van der Waals surface area contributed by atoms with Crippen molar-refractivity contribution in [2.24, 2.45) is 0 Å². The van der Waals surface area contributed by atoms with E-state index in [-0.39, 0.29) is 0 Å². The highest BCUT2D eigenvalue weighted by Crippen LogP contribution is 2.20. The number of anilines is 1. The summed E-state index contributed by atoms with van der Waals surface area (Å²) in [5.41, 5.74) is 7.69. The molecule has 0 spiro atoms. The number of hydrogen-bond acceptors (Lipinski definition) is 3. The zero-order chi connectivity index (χ0) is 9.54. The molecule has 0 aliphatic rings. The second-order valence-electron chi connectivity index (χ2n) is 3.14. The van der Waals surface area contributed by atoms with Crippen molar-refractivity contribution in [1.29, 1.82) is 0 Å². The Morgan fingerprint density at radius 3 is 3.07 bits per heavy atom. The van der Waals surface area contributed by atoms with Gasteiger partial charge in [0.05, 0.1) is 5.39 Å². The molecule has 68 valence electrons. The van der Waals surface area contributed by atoms with Crippen LogP contribution in [0.5, 0.6) is 0 Å². The van der Waals surface area contributed by atoms with Gasteiger partial charge < -0.3 is 10.1 Å². The van der Waals surface area contributed by atoms with E-state index < -0.39 is 0 Å². The van der Waals surface area contributed by atoms with Gasteiger partial charge in [0, 0.05) is 11.7 Å². The maximum atomic E-state index is 5.76. The van der Waals surface area contributed by atoms with Crippen molar-refractivity contribution in [2.75, 3.05) is 5.73 Å². The minimum absolute atomic E-state index is 0.527. The van der Waals surface area contributed by atoms with E-state index >= 15 is 0 Å². The van der Waals surface area contributed by atoms with E-state index in [2.05, 4.69) is 9.97 Å². The normalized spacial score (nSPS) is 11.1. The van der Waals surface area contributed by atoms with Gasteiger partial charge in [-0.3, -0.25) is 0 Å². The lowest BCUT2D eigenvalue weighted by atomic mass is 10.3. The standard InChI is InChI=1S/C10H8N4/c11-9-8-5-7-3-1-2-4-14(7)10(8)13-6-12-9/h1-6H,(H2,11,12,13). The van der Waals surface area contributed by atoms with Crippen LogP contribution in [0, 0.1) is 0 Å². The Morgan fingerprint density at radius 2 is 2.14 bits per heavy atom. The largest absolute Gasteiger partial charge is 0.383 e. The van der Waals surface area contributed by atoms with Crippen molar-refractivity contribution in [2.45, 2.75) is 0 Å². The second kappa shape index (κ2) is 2.45. The molecule has 0 aromatic carbocycles. The maximum Gasteiger partial charge on any atom is 0.150 e. The third-order valence-corrected chi connectivity index (χ3v) is 2.31. The van der Waals surface area contributed by atoms with E-state index in [1.165, 1.54) is 6.33 Å². The molecule has 4 heteroatoms. The Hall–Kier alpha value is -2.10. The number of aromatic nitrogens is 3. The topological polar surface area (TPSA) is 56.2 Å². The lowest BCUT2D eigenvalue weighted by molar-refractivity contribution is 1.15. The number of hydrogen-bond donors (Lipinski definition) is 1. The molecule has 0 bridgehead atoms. The van der Waals surface area contributed by atoms with Crippen LogP contribution in [0.3, 0.4) is 0 Å². The molecule has 0 aliphatic carbocycles. The average molecular weight is 184 g/mol.